The fourth-order valence-electron chi connectivity index (χ4n) is 1.02. The minimum atomic E-state index is -0.389. The molecule has 5 heteroatoms. The Bertz CT molecular complexity index is 196. The molecule has 4 nitrogen and oxygen atoms in total. The van der Waals surface area contributed by atoms with Gasteiger partial charge in [-0.25, -0.2) is 0 Å². The molecule has 0 bridgehead atoms. The van der Waals surface area contributed by atoms with E-state index in [9.17, 15) is 9.59 Å². The van der Waals surface area contributed by atoms with Crippen LogP contribution in [-0.2, 0) is 9.59 Å². The van der Waals surface area contributed by atoms with Crippen molar-refractivity contribution in [1.82, 2.24) is 10.6 Å². The van der Waals surface area contributed by atoms with E-state index in [2.05, 4.69) is 0 Å². The van der Waals surface area contributed by atoms with Crippen molar-refractivity contribution in [3.05, 3.63) is 0 Å². The lowest BCUT2D eigenvalue weighted by Gasteiger charge is -2.24. The highest BCUT2D eigenvalue weighted by Crippen LogP contribution is 2.12. The maximum Gasteiger partial charge on any atom is 0.301 e. The van der Waals surface area contributed by atoms with Gasteiger partial charge in [0.15, 0.2) is 0 Å². The molecule has 1 amide bonds. The molecule has 1 saturated heterocycles. The molecule has 0 aromatic carbocycles. The second-order valence-corrected chi connectivity index (χ2v) is 3.60. The lowest BCUT2D eigenvalue weighted by molar-refractivity contribution is -0.140. The molecule has 1 aliphatic heterocycles. The maximum absolute atomic E-state index is 11.1. The van der Waals surface area contributed by atoms with Gasteiger partial charge in [-0.05, 0) is 6.42 Å². The lowest BCUT2D eigenvalue weighted by atomic mass is 10.3. The van der Waals surface area contributed by atoms with Crippen LogP contribution in [0.25, 0.3) is 0 Å². The molecule has 67 valence electrons. The number of nitrogens with one attached hydrogen (secondary N) is 1. The Hall–Kier alpha value is -0.550. The standard InChI is InChI=1S/C7H11N2O2S/c8-2-1-3-9-4-5-12-7(11)6(9)10/h8H,1-5H2. The Kier molecular flexibility index (Phi) is 3.55. The summed E-state index contributed by atoms with van der Waals surface area (Å²) in [7, 11) is 0. The highest BCUT2D eigenvalue weighted by Gasteiger charge is 2.26. The molecule has 0 atom stereocenters. The third-order valence-electron chi connectivity index (χ3n) is 1.66. The van der Waals surface area contributed by atoms with Crippen LogP contribution < -0.4 is 5.73 Å². The minimum absolute atomic E-state index is 0.311. The predicted octanol–water partition coefficient (Wildman–Crippen LogP) is -0.239. The van der Waals surface area contributed by atoms with Crippen LogP contribution >= 0.6 is 11.8 Å². The molecule has 1 radical (unpaired) electrons. The van der Waals surface area contributed by atoms with Crippen LogP contribution in [0.2, 0.25) is 0 Å². The Labute approximate surface area is 75.5 Å². The lowest BCUT2D eigenvalue weighted by Crippen LogP contribution is -2.41. The average molecular weight is 187 g/mol. The van der Waals surface area contributed by atoms with E-state index >= 15 is 0 Å². The van der Waals surface area contributed by atoms with Gasteiger partial charge >= 0.3 is 5.91 Å². The van der Waals surface area contributed by atoms with Crippen molar-refractivity contribution in [2.75, 3.05) is 25.4 Å². The Morgan fingerprint density at radius 1 is 1.50 bits per heavy atom. The van der Waals surface area contributed by atoms with Gasteiger partial charge in [0.1, 0.15) is 0 Å². The Morgan fingerprint density at radius 2 is 2.25 bits per heavy atom. The third kappa shape index (κ3) is 2.22. The van der Waals surface area contributed by atoms with Gasteiger partial charge < -0.3 is 4.90 Å². The number of nitrogens with zero attached hydrogens (tertiary/aromatic N) is 1. The third-order valence-corrected chi connectivity index (χ3v) is 2.48. The zero-order valence-corrected chi connectivity index (χ0v) is 7.52. The highest BCUT2D eigenvalue weighted by atomic mass is 32.2. The molecule has 0 aromatic rings. The fraction of sp³-hybridized carbons (Fsp3) is 0.714. The van der Waals surface area contributed by atoms with Crippen LogP contribution in [0, 0.1) is 0 Å². The van der Waals surface area contributed by atoms with Gasteiger partial charge in [0.25, 0.3) is 5.12 Å². The van der Waals surface area contributed by atoms with Crippen LogP contribution in [0.4, 0.5) is 0 Å². The van der Waals surface area contributed by atoms with Crippen molar-refractivity contribution in [2.24, 2.45) is 0 Å². The number of carbonyl (C=O) groups excluding carboxylic acids is 2. The van der Waals surface area contributed by atoms with Gasteiger partial charge in [-0.2, -0.15) is 0 Å². The number of hydrogen-bond donors (Lipinski definition) is 0. The van der Waals surface area contributed by atoms with E-state index < -0.39 is 0 Å². The number of hydrogen-bond acceptors (Lipinski definition) is 3. The predicted molar refractivity (Wildman–Crippen MR) is 46.6 cm³/mol. The number of amides is 1. The Balaban J connectivity index is 2.41. The molecule has 1 heterocycles. The summed E-state index contributed by atoms with van der Waals surface area (Å²) in [5.74, 6) is 0.308. The van der Waals surface area contributed by atoms with E-state index in [1.807, 2.05) is 0 Å². The summed E-state index contributed by atoms with van der Waals surface area (Å²) < 4.78 is 0. The Morgan fingerprint density at radius 3 is 2.92 bits per heavy atom. The van der Waals surface area contributed by atoms with Crippen molar-refractivity contribution in [3.8, 4) is 0 Å². The summed E-state index contributed by atoms with van der Waals surface area (Å²) in [6.07, 6.45) is 0.656. The molecule has 0 aliphatic carbocycles. The summed E-state index contributed by atoms with van der Waals surface area (Å²) in [5.41, 5.74) is 6.91. The van der Waals surface area contributed by atoms with E-state index in [0.717, 1.165) is 11.8 Å². The van der Waals surface area contributed by atoms with E-state index in [1.165, 1.54) is 4.90 Å². The molecule has 0 unspecified atom stereocenters. The molecule has 0 spiro atoms. The van der Waals surface area contributed by atoms with E-state index in [-0.39, 0.29) is 11.0 Å². The smallest absolute Gasteiger partial charge is 0.301 e. The van der Waals surface area contributed by atoms with Crippen LogP contribution in [0.5, 0.6) is 0 Å². The zero-order chi connectivity index (χ0) is 8.97. The second kappa shape index (κ2) is 4.47. The van der Waals surface area contributed by atoms with E-state index in [1.54, 1.807) is 0 Å². The first-order chi connectivity index (χ1) is 5.75. The topological polar surface area (TPSA) is 61.2 Å². The summed E-state index contributed by atoms with van der Waals surface area (Å²) >= 11 is 1.09. The minimum Gasteiger partial charge on any atom is -0.334 e. The van der Waals surface area contributed by atoms with Crippen LogP contribution in [-0.4, -0.2) is 41.3 Å². The van der Waals surface area contributed by atoms with Gasteiger partial charge in [0.05, 0.1) is 0 Å². The van der Waals surface area contributed by atoms with Crippen molar-refractivity contribution in [3.63, 3.8) is 0 Å². The monoisotopic (exact) mass is 187 g/mol. The molecule has 1 rings (SSSR count). The molecule has 1 fully saturated rings. The van der Waals surface area contributed by atoms with Crippen molar-refractivity contribution in [2.45, 2.75) is 6.42 Å². The molecular formula is C7H11N2O2S. The van der Waals surface area contributed by atoms with Crippen LogP contribution in [0.3, 0.4) is 0 Å². The quantitative estimate of drug-likeness (QED) is 0.573. The van der Waals surface area contributed by atoms with Gasteiger partial charge in [0, 0.05) is 25.4 Å². The first kappa shape index (κ1) is 9.54. The first-order valence-corrected chi connectivity index (χ1v) is 4.85. The maximum atomic E-state index is 11.1. The summed E-state index contributed by atoms with van der Waals surface area (Å²) in [6.45, 7) is 1.51. The summed E-state index contributed by atoms with van der Waals surface area (Å²) in [6, 6.07) is 0. The van der Waals surface area contributed by atoms with Gasteiger partial charge in [-0.1, -0.05) is 11.8 Å². The number of rotatable bonds is 3. The van der Waals surface area contributed by atoms with Crippen molar-refractivity contribution in [1.29, 1.82) is 0 Å². The van der Waals surface area contributed by atoms with Crippen LogP contribution in [0.15, 0.2) is 0 Å². The van der Waals surface area contributed by atoms with E-state index in [4.69, 9.17) is 5.73 Å². The number of thioether (sulfide) groups is 1. The summed E-state index contributed by atoms with van der Waals surface area (Å²) in [4.78, 5) is 23.6. The zero-order valence-electron chi connectivity index (χ0n) is 6.71. The SMILES string of the molecule is [NH]CCCN1CCSC(=O)C1=O. The molecule has 12 heavy (non-hydrogen) atoms. The molecule has 1 N–H and O–H groups in total. The molecule has 1 aliphatic rings. The molecule has 0 aromatic heterocycles. The second-order valence-electron chi connectivity index (χ2n) is 2.53. The molecular weight excluding hydrogens is 176 g/mol. The normalized spacial score (nSPS) is 18.6. The van der Waals surface area contributed by atoms with Crippen molar-refractivity contribution >= 4 is 22.8 Å². The van der Waals surface area contributed by atoms with Crippen LogP contribution in [0.1, 0.15) is 6.42 Å². The fourth-order valence-corrected chi connectivity index (χ4v) is 1.77. The number of carbonyl (C=O) groups is 2. The van der Waals surface area contributed by atoms with Crippen molar-refractivity contribution < 1.29 is 9.59 Å². The molecule has 0 saturated carbocycles. The van der Waals surface area contributed by atoms with Gasteiger partial charge in [-0.15, -0.1) is 0 Å². The first-order valence-electron chi connectivity index (χ1n) is 3.86. The average Bonchev–Trinajstić information content (AvgIpc) is 2.08. The largest absolute Gasteiger partial charge is 0.334 e. The highest BCUT2D eigenvalue weighted by molar-refractivity contribution is 8.15. The van der Waals surface area contributed by atoms with Gasteiger partial charge in [0.2, 0.25) is 0 Å². The van der Waals surface area contributed by atoms with Gasteiger partial charge in [-0.3, -0.25) is 15.3 Å². The van der Waals surface area contributed by atoms with E-state index in [0.29, 0.717) is 31.8 Å². The summed E-state index contributed by atoms with van der Waals surface area (Å²) in [5, 5.41) is -0.355.